The molecule has 0 bridgehead atoms. The molecule has 0 radical (unpaired) electrons. The molecule has 5 saturated heterocycles. The molecule has 0 aromatic rings. The lowest BCUT2D eigenvalue weighted by Gasteiger charge is -2.58. The Morgan fingerprint density at radius 3 is 1.75 bits per heavy atom. The molecule has 7 heteroatoms. The van der Waals surface area contributed by atoms with Crippen molar-refractivity contribution in [3.05, 3.63) is 0 Å². The fourth-order valence-corrected chi connectivity index (χ4v) is 7.09. The third kappa shape index (κ3) is 2.30. The van der Waals surface area contributed by atoms with E-state index in [2.05, 4.69) is 0 Å². The van der Waals surface area contributed by atoms with Gasteiger partial charge in [0.25, 0.3) is 0 Å². The van der Waals surface area contributed by atoms with Crippen LogP contribution in [-0.2, 0) is 23.7 Å². The number of ether oxygens (including phenoxy) is 5. The molecule has 6 atom stereocenters. The molecule has 2 N–H and O–H groups in total. The van der Waals surface area contributed by atoms with E-state index < -0.39 is 28.7 Å². The van der Waals surface area contributed by atoms with Crippen LogP contribution in [0.15, 0.2) is 0 Å². The number of aliphatic hydroxyl groups excluding tert-OH is 2. The van der Waals surface area contributed by atoms with Crippen molar-refractivity contribution in [1.82, 2.24) is 0 Å². The second kappa shape index (κ2) is 7.15. The van der Waals surface area contributed by atoms with Crippen LogP contribution in [0.5, 0.6) is 0 Å². The molecule has 5 rings (SSSR count). The molecule has 160 valence electrons. The largest absolute Gasteiger partial charge is 0.396 e. The zero-order valence-electron chi connectivity index (χ0n) is 16.7. The van der Waals surface area contributed by atoms with E-state index in [-0.39, 0.29) is 12.7 Å². The molecule has 0 saturated carbocycles. The van der Waals surface area contributed by atoms with E-state index in [1.54, 1.807) is 0 Å². The van der Waals surface area contributed by atoms with E-state index in [1.807, 2.05) is 0 Å². The predicted molar refractivity (Wildman–Crippen MR) is 98.9 cm³/mol. The van der Waals surface area contributed by atoms with Crippen LogP contribution in [0.4, 0.5) is 0 Å². The lowest BCUT2D eigenvalue weighted by atomic mass is 9.58. The van der Waals surface area contributed by atoms with Crippen molar-refractivity contribution in [2.24, 2.45) is 0 Å². The van der Waals surface area contributed by atoms with Gasteiger partial charge < -0.3 is 33.9 Å². The topological polar surface area (TPSA) is 86.6 Å². The van der Waals surface area contributed by atoms with Crippen molar-refractivity contribution in [3.8, 4) is 0 Å². The van der Waals surface area contributed by atoms with Gasteiger partial charge in [0.15, 0.2) is 11.9 Å². The fourth-order valence-electron chi connectivity index (χ4n) is 7.09. The second-order valence-corrected chi connectivity index (χ2v) is 9.08. The monoisotopic (exact) mass is 398 g/mol. The molecule has 0 aromatic carbocycles. The Labute approximate surface area is 166 Å². The molecule has 5 heterocycles. The Bertz CT molecular complexity index is 555. The number of hydrogen-bond acceptors (Lipinski definition) is 7. The summed E-state index contributed by atoms with van der Waals surface area (Å²) in [4.78, 5) is 0. The van der Waals surface area contributed by atoms with Crippen molar-refractivity contribution >= 4 is 0 Å². The minimum Gasteiger partial charge on any atom is -0.396 e. The summed E-state index contributed by atoms with van der Waals surface area (Å²) < 4.78 is 32.7. The minimum atomic E-state index is -1.10. The van der Waals surface area contributed by atoms with Gasteiger partial charge in [-0.3, -0.25) is 0 Å². The third-order valence-electron chi connectivity index (χ3n) is 8.00. The quantitative estimate of drug-likeness (QED) is 0.748. The number of hydrogen-bond donors (Lipinski definition) is 2. The molecule has 7 nitrogen and oxygen atoms in total. The Hall–Kier alpha value is -0.280. The predicted octanol–water partition coefficient (Wildman–Crippen LogP) is 1.67. The lowest BCUT2D eigenvalue weighted by molar-refractivity contribution is -0.316. The van der Waals surface area contributed by atoms with E-state index in [1.165, 1.54) is 0 Å². The molecule has 0 unspecified atom stereocenters. The number of fused-ring (bicyclic) bond motifs is 3. The third-order valence-corrected chi connectivity index (χ3v) is 8.00. The van der Waals surface area contributed by atoms with E-state index in [4.69, 9.17) is 23.7 Å². The smallest absolute Gasteiger partial charge is 0.187 e. The summed E-state index contributed by atoms with van der Waals surface area (Å²) in [5.74, 6) is 0. The Morgan fingerprint density at radius 2 is 1.25 bits per heavy atom. The van der Waals surface area contributed by atoms with Gasteiger partial charge in [0.05, 0.1) is 6.10 Å². The van der Waals surface area contributed by atoms with Gasteiger partial charge in [0.2, 0.25) is 0 Å². The summed E-state index contributed by atoms with van der Waals surface area (Å²) >= 11 is 0. The first-order chi connectivity index (χ1) is 13.7. The summed E-state index contributed by atoms with van der Waals surface area (Å²) in [6.07, 6.45) is 6.54. The van der Waals surface area contributed by atoms with Crippen LogP contribution in [0.25, 0.3) is 0 Å². The second-order valence-electron chi connectivity index (χ2n) is 9.08. The SMILES string of the molecule is OCCC[C@H]1O[C@H](O)[C@@]2(CCCO2)[C@@]2(CCCO2)[C@@]2(CCCO2)[C@@]12CCCO2. The number of rotatable bonds is 3. The van der Waals surface area contributed by atoms with Gasteiger partial charge in [-0.2, -0.15) is 0 Å². The van der Waals surface area contributed by atoms with E-state index in [0.29, 0.717) is 45.7 Å². The van der Waals surface area contributed by atoms with Crippen molar-refractivity contribution in [2.45, 2.75) is 99.0 Å². The molecule has 0 aliphatic carbocycles. The molecule has 5 aliphatic rings. The summed E-state index contributed by atoms with van der Waals surface area (Å²) in [6, 6.07) is 0. The maximum Gasteiger partial charge on any atom is 0.187 e. The molecule has 0 amide bonds. The number of aliphatic hydroxyl groups is 2. The summed E-state index contributed by atoms with van der Waals surface area (Å²) in [7, 11) is 0. The van der Waals surface area contributed by atoms with Crippen LogP contribution >= 0.6 is 0 Å². The van der Waals surface area contributed by atoms with E-state index >= 15 is 0 Å². The maximum absolute atomic E-state index is 11.4. The summed E-state index contributed by atoms with van der Waals surface area (Å²) in [5.41, 5.74) is -3.08. The van der Waals surface area contributed by atoms with Crippen molar-refractivity contribution in [1.29, 1.82) is 0 Å². The molecule has 0 aromatic heterocycles. The van der Waals surface area contributed by atoms with Crippen LogP contribution < -0.4 is 0 Å². The van der Waals surface area contributed by atoms with Gasteiger partial charge >= 0.3 is 0 Å². The Balaban J connectivity index is 1.71. The van der Waals surface area contributed by atoms with Crippen molar-refractivity contribution < 1.29 is 33.9 Å². The zero-order chi connectivity index (χ0) is 19.3. The fraction of sp³-hybridized carbons (Fsp3) is 1.00. The van der Waals surface area contributed by atoms with Crippen LogP contribution in [0.1, 0.15) is 64.2 Å². The van der Waals surface area contributed by atoms with E-state index in [0.717, 1.165) is 44.9 Å². The molecule has 28 heavy (non-hydrogen) atoms. The van der Waals surface area contributed by atoms with E-state index in [9.17, 15) is 10.2 Å². The highest BCUT2D eigenvalue weighted by atomic mass is 16.7. The molecular formula is C21H34O7. The minimum absolute atomic E-state index is 0.0865. The van der Waals surface area contributed by atoms with Crippen LogP contribution in [0.3, 0.4) is 0 Å². The molecular weight excluding hydrogens is 364 g/mol. The Morgan fingerprint density at radius 1 is 0.714 bits per heavy atom. The van der Waals surface area contributed by atoms with Crippen LogP contribution in [0, 0.1) is 0 Å². The van der Waals surface area contributed by atoms with Crippen molar-refractivity contribution in [3.63, 3.8) is 0 Å². The first-order valence-electron chi connectivity index (χ1n) is 11.2. The summed E-state index contributed by atoms with van der Waals surface area (Å²) in [6.45, 7) is 2.64. The average Bonchev–Trinajstić information content (AvgIpc) is 3.49. The molecule has 4 spiro atoms. The lowest BCUT2D eigenvalue weighted by Crippen LogP contribution is -2.76. The van der Waals surface area contributed by atoms with Crippen molar-refractivity contribution in [2.75, 3.05) is 33.0 Å². The summed E-state index contributed by atoms with van der Waals surface area (Å²) in [5, 5.41) is 20.9. The average molecular weight is 398 g/mol. The maximum atomic E-state index is 11.4. The van der Waals surface area contributed by atoms with Crippen LogP contribution in [-0.4, -0.2) is 78.0 Å². The normalized spacial score (nSPS) is 51.2. The van der Waals surface area contributed by atoms with Gasteiger partial charge in [-0.05, 0) is 64.2 Å². The first kappa shape index (κ1) is 19.7. The first-order valence-corrected chi connectivity index (χ1v) is 11.2. The highest BCUT2D eigenvalue weighted by molar-refractivity contribution is 5.29. The van der Waals surface area contributed by atoms with Gasteiger partial charge in [-0.1, -0.05) is 0 Å². The highest BCUT2D eigenvalue weighted by Crippen LogP contribution is 2.64. The van der Waals surface area contributed by atoms with Gasteiger partial charge in [-0.15, -0.1) is 0 Å². The van der Waals surface area contributed by atoms with Gasteiger partial charge in [0.1, 0.15) is 16.8 Å². The van der Waals surface area contributed by atoms with Gasteiger partial charge in [0, 0.05) is 33.0 Å². The standard InChI is InChI=1S/C21H34O7/c22-11-1-6-16-18(7-2-12-24-18)20(9-4-14-26-20)21(10-5-15-27-21)19(17(23)28-16)8-3-13-25-19/h16-17,22-23H,1-15H2/t16-,17+,18-,19+,20-,21+/m1/s1. The van der Waals surface area contributed by atoms with Crippen LogP contribution in [0.2, 0.25) is 0 Å². The van der Waals surface area contributed by atoms with Gasteiger partial charge in [-0.25, -0.2) is 0 Å². The zero-order valence-corrected chi connectivity index (χ0v) is 16.7. The molecule has 5 fully saturated rings. The molecule has 5 aliphatic heterocycles. The highest BCUT2D eigenvalue weighted by Gasteiger charge is 2.80. The Kier molecular flexibility index (Phi) is 5.02.